The Balaban J connectivity index is 0.000000303. The Bertz CT molecular complexity index is 807. The number of hydrogen-bond donors (Lipinski definition) is 9. The first-order chi connectivity index (χ1) is 16.3. The van der Waals surface area contributed by atoms with Crippen molar-refractivity contribution in [3.63, 3.8) is 0 Å². The first kappa shape index (κ1) is 30.3. The van der Waals surface area contributed by atoms with Gasteiger partial charge in [0.1, 0.15) is 54.6 Å². The van der Waals surface area contributed by atoms with E-state index in [1.54, 1.807) is 0 Å². The van der Waals surface area contributed by atoms with Crippen molar-refractivity contribution in [3.8, 4) is 5.75 Å². The zero-order valence-corrected chi connectivity index (χ0v) is 21.1. The molecule has 0 amide bonds. The Morgan fingerprint density at radius 3 is 2.00 bits per heavy atom. The van der Waals surface area contributed by atoms with Crippen LogP contribution < -0.4 is 0 Å². The molecule has 0 radical (unpaired) electrons. The predicted molar refractivity (Wildman–Crippen MR) is 123 cm³/mol. The number of aliphatic hydroxyl groups is 8. The van der Waals surface area contributed by atoms with E-state index in [1.165, 1.54) is 0 Å². The highest BCUT2D eigenvalue weighted by Gasteiger charge is 2.50. The number of aromatic hydroxyl groups is 1. The van der Waals surface area contributed by atoms with Crippen LogP contribution in [0.2, 0.25) is 0 Å². The molecule has 9 N–H and O–H groups in total. The summed E-state index contributed by atoms with van der Waals surface area (Å²) in [5.74, 6) is 0.742. The number of aryl methyl sites for hydroxylation is 1. The summed E-state index contributed by atoms with van der Waals surface area (Å²) in [4.78, 5) is 0. The summed E-state index contributed by atoms with van der Waals surface area (Å²) in [5, 5.41) is 86.2. The lowest BCUT2D eigenvalue weighted by atomic mass is 9.97. The third-order valence-electron chi connectivity index (χ3n) is 5.94. The zero-order valence-electron chi connectivity index (χ0n) is 19.5. The predicted octanol–water partition coefficient (Wildman–Crippen LogP) is -1.81. The van der Waals surface area contributed by atoms with Crippen molar-refractivity contribution in [1.29, 1.82) is 0 Å². The van der Waals surface area contributed by atoms with Crippen molar-refractivity contribution in [2.45, 2.75) is 88.1 Å². The van der Waals surface area contributed by atoms with Crippen molar-refractivity contribution >= 4 is 15.9 Å². The maximum Gasteiger partial charge on any atom is 0.187 e. The van der Waals surface area contributed by atoms with Crippen LogP contribution >= 0.6 is 15.9 Å². The Morgan fingerprint density at radius 2 is 1.46 bits per heavy atom. The van der Waals surface area contributed by atoms with Crippen LogP contribution in [0.1, 0.15) is 30.9 Å². The van der Waals surface area contributed by atoms with Gasteiger partial charge >= 0.3 is 0 Å². The third kappa shape index (κ3) is 6.89. The van der Waals surface area contributed by atoms with Crippen molar-refractivity contribution in [2.75, 3.05) is 13.2 Å². The molecule has 2 aliphatic rings. The summed E-state index contributed by atoms with van der Waals surface area (Å²) in [6.45, 7) is 4.75. The largest absolute Gasteiger partial charge is 0.506 e. The highest BCUT2D eigenvalue weighted by molar-refractivity contribution is 9.10. The van der Waals surface area contributed by atoms with Gasteiger partial charge in [0, 0.05) is 0 Å². The first-order valence-electron chi connectivity index (χ1n) is 11.1. The van der Waals surface area contributed by atoms with Gasteiger partial charge in [-0.05, 0) is 39.9 Å². The van der Waals surface area contributed by atoms with Gasteiger partial charge in [0.05, 0.1) is 17.7 Å². The lowest BCUT2D eigenvalue weighted by Gasteiger charge is -2.45. The molecule has 3 rings (SSSR count). The molecular weight excluding hydrogens is 536 g/mol. The third-order valence-corrected chi connectivity index (χ3v) is 6.94. The first-order valence-corrected chi connectivity index (χ1v) is 11.9. The van der Waals surface area contributed by atoms with Crippen LogP contribution in [-0.2, 0) is 14.2 Å². The number of rotatable bonds is 5. The molecule has 0 bridgehead atoms. The minimum Gasteiger partial charge on any atom is -0.506 e. The van der Waals surface area contributed by atoms with Crippen molar-refractivity contribution in [3.05, 3.63) is 27.7 Å². The molecule has 0 aromatic heterocycles. The van der Waals surface area contributed by atoms with E-state index >= 15 is 0 Å². The normalized spacial score (nSPS) is 37.6. The fourth-order valence-electron chi connectivity index (χ4n) is 3.72. The summed E-state index contributed by atoms with van der Waals surface area (Å²) in [6.07, 6.45) is -15.6. The van der Waals surface area contributed by atoms with Gasteiger partial charge in [-0.15, -0.1) is 0 Å². The molecule has 35 heavy (non-hydrogen) atoms. The summed E-state index contributed by atoms with van der Waals surface area (Å²) in [7, 11) is 0. The van der Waals surface area contributed by atoms with Crippen LogP contribution in [0.5, 0.6) is 5.75 Å². The molecule has 2 fully saturated rings. The molecule has 13 heteroatoms. The molecule has 0 spiro atoms. The van der Waals surface area contributed by atoms with Crippen molar-refractivity contribution in [1.82, 2.24) is 0 Å². The standard InChI is InChI=1S/C12H22O11.C10H13BrO/c13-1-3-5(15)6(16)9(19)12(22-3)23-10-4(2-14)21-11(20)8(18)7(10)17;1-6(2)8-5-4-7(3)9(11)10(8)12/h3-20H,1-2H2;4-6,12H,1-3H3/t3-,4-,5+,6+,7-,8-,9-,10-,11-,12+;/m1./s1. The monoisotopic (exact) mass is 570 g/mol. The molecule has 2 heterocycles. The van der Waals surface area contributed by atoms with Gasteiger partial charge in [-0.25, -0.2) is 0 Å². The van der Waals surface area contributed by atoms with Crippen LogP contribution in [0.15, 0.2) is 16.6 Å². The van der Waals surface area contributed by atoms with Gasteiger partial charge < -0.3 is 60.2 Å². The van der Waals surface area contributed by atoms with E-state index in [0.29, 0.717) is 11.7 Å². The maximum atomic E-state index is 9.94. The molecule has 0 saturated carbocycles. The molecule has 0 aliphatic carbocycles. The number of ether oxygens (including phenoxy) is 3. The molecule has 10 atom stereocenters. The van der Waals surface area contributed by atoms with Gasteiger partial charge in [0.25, 0.3) is 0 Å². The average Bonchev–Trinajstić information content (AvgIpc) is 2.82. The van der Waals surface area contributed by atoms with Crippen LogP contribution in [0.25, 0.3) is 0 Å². The summed E-state index contributed by atoms with van der Waals surface area (Å²) in [5.41, 5.74) is 2.06. The minimum atomic E-state index is -1.74. The average molecular weight is 571 g/mol. The number of phenolic OH excluding ortho intramolecular Hbond substituents is 1. The van der Waals surface area contributed by atoms with E-state index in [9.17, 15) is 40.9 Å². The van der Waals surface area contributed by atoms with E-state index in [1.807, 2.05) is 19.1 Å². The van der Waals surface area contributed by atoms with Gasteiger partial charge in [0.2, 0.25) is 0 Å². The summed E-state index contributed by atoms with van der Waals surface area (Å²) >= 11 is 3.35. The second-order valence-corrected chi connectivity index (χ2v) is 9.61. The highest BCUT2D eigenvalue weighted by Crippen LogP contribution is 2.34. The Morgan fingerprint density at radius 1 is 0.857 bits per heavy atom. The van der Waals surface area contributed by atoms with Crippen LogP contribution in [0.4, 0.5) is 0 Å². The van der Waals surface area contributed by atoms with Crippen LogP contribution in [-0.4, -0.2) is 121 Å². The maximum absolute atomic E-state index is 9.94. The molecule has 1 aromatic carbocycles. The summed E-state index contributed by atoms with van der Waals surface area (Å²) in [6, 6.07) is 3.99. The van der Waals surface area contributed by atoms with Crippen molar-refractivity contribution < 1.29 is 60.2 Å². The van der Waals surface area contributed by atoms with Gasteiger partial charge in [0.15, 0.2) is 12.6 Å². The lowest BCUT2D eigenvalue weighted by Crippen LogP contribution is -2.64. The smallest absolute Gasteiger partial charge is 0.187 e. The van der Waals surface area contributed by atoms with Crippen LogP contribution in [0, 0.1) is 6.92 Å². The van der Waals surface area contributed by atoms with Gasteiger partial charge in [-0.1, -0.05) is 26.0 Å². The van der Waals surface area contributed by atoms with Crippen molar-refractivity contribution in [2.24, 2.45) is 0 Å². The SMILES string of the molecule is Cc1ccc(C(C)C)c(O)c1Br.OC[C@H]1O[C@@H](O[C@H]2[C@H](O)[C@@H](O)[C@H](O)O[C@@H]2CO)[C@H](O)[C@@H](O)[C@H]1O. The zero-order chi connectivity index (χ0) is 26.6. The Hall–Kier alpha value is -0.940. The second-order valence-electron chi connectivity index (χ2n) is 8.82. The molecular formula is C22H35BrO12. The second kappa shape index (κ2) is 13.0. The van der Waals surface area contributed by atoms with E-state index in [2.05, 4.69) is 29.8 Å². The molecule has 2 saturated heterocycles. The number of aliphatic hydroxyl groups excluding tert-OH is 8. The topological polar surface area (TPSA) is 210 Å². The number of halogens is 1. The summed E-state index contributed by atoms with van der Waals surface area (Å²) < 4.78 is 16.1. The molecule has 0 unspecified atom stereocenters. The van der Waals surface area contributed by atoms with E-state index in [4.69, 9.17) is 19.3 Å². The Labute approximate surface area is 211 Å². The Kier molecular flexibility index (Phi) is 11.3. The molecule has 202 valence electrons. The molecule has 1 aromatic rings. The quantitative estimate of drug-likeness (QED) is 0.192. The molecule has 2 aliphatic heterocycles. The van der Waals surface area contributed by atoms with Gasteiger partial charge in [-0.3, -0.25) is 0 Å². The number of hydrogen-bond acceptors (Lipinski definition) is 12. The fraction of sp³-hybridized carbons (Fsp3) is 0.727. The minimum absolute atomic E-state index is 0.363. The lowest BCUT2D eigenvalue weighted by molar-refractivity contribution is -0.355. The molecule has 12 nitrogen and oxygen atoms in total. The fourth-order valence-corrected chi connectivity index (χ4v) is 4.08. The number of phenols is 1. The van der Waals surface area contributed by atoms with E-state index < -0.39 is 74.6 Å². The van der Waals surface area contributed by atoms with E-state index in [-0.39, 0.29) is 0 Å². The number of benzene rings is 1. The van der Waals surface area contributed by atoms with E-state index in [0.717, 1.165) is 15.6 Å². The van der Waals surface area contributed by atoms with Crippen LogP contribution in [0.3, 0.4) is 0 Å². The van der Waals surface area contributed by atoms with Gasteiger partial charge in [-0.2, -0.15) is 0 Å². The highest BCUT2D eigenvalue weighted by atomic mass is 79.9.